The zero-order chi connectivity index (χ0) is 9.97. The Morgan fingerprint density at radius 1 is 1.64 bits per heavy atom. The predicted molar refractivity (Wildman–Crippen MR) is 60.2 cm³/mol. The van der Waals surface area contributed by atoms with Gasteiger partial charge in [0, 0.05) is 24.0 Å². The molecule has 1 aromatic rings. The molecule has 0 spiro atoms. The molecule has 2 heterocycles. The van der Waals surface area contributed by atoms with Gasteiger partial charge in [-0.1, -0.05) is 0 Å². The minimum Gasteiger partial charge on any atom is -0.314 e. The number of thiophene rings is 1. The molecule has 0 aliphatic carbocycles. The lowest BCUT2D eigenvalue weighted by Gasteiger charge is -2.29. The van der Waals surface area contributed by atoms with Crippen LogP contribution in [-0.2, 0) is 0 Å². The fraction of sp³-hybridized carbons (Fsp3) is 0.444. The molecular formula is C9H10BrN3S. The third kappa shape index (κ3) is 2.15. The van der Waals surface area contributed by atoms with Crippen LogP contribution in [0.5, 0.6) is 0 Å². The predicted octanol–water partition coefficient (Wildman–Crippen LogP) is 1.64. The highest BCUT2D eigenvalue weighted by atomic mass is 79.9. The van der Waals surface area contributed by atoms with Gasteiger partial charge in [0.25, 0.3) is 0 Å². The van der Waals surface area contributed by atoms with Crippen molar-refractivity contribution >= 4 is 27.3 Å². The summed E-state index contributed by atoms with van der Waals surface area (Å²) in [6.07, 6.45) is 0. The van der Waals surface area contributed by atoms with E-state index in [2.05, 4.69) is 32.6 Å². The first-order valence-electron chi connectivity index (χ1n) is 4.41. The van der Waals surface area contributed by atoms with Crippen LogP contribution in [0.2, 0.25) is 0 Å². The molecular weight excluding hydrogens is 262 g/mol. The average molecular weight is 272 g/mol. The Bertz CT molecular complexity index is 353. The molecule has 1 saturated heterocycles. The molecule has 1 aromatic heterocycles. The van der Waals surface area contributed by atoms with Crippen LogP contribution in [0.15, 0.2) is 15.9 Å². The topological polar surface area (TPSA) is 47.9 Å². The second-order valence-corrected chi connectivity index (χ2v) is 5.72. The highest BCUT2D eigenvalue weighted by Crippen LogP contribution is 2.27. The van der Waals surface area contributed by atoms with Crippen molar-refractivity contribution in [2.24, 2.45) is 0 Å². The lowest BCUT2D eigenvalue weighted by Crippen LogP contribution is -2.55. The SMILES string of the molecule is N#C[C@@H](NC1CNC1)c1ccc(Br)s1. The fourth-order valence-corrected chi connectivity index (χ4v) is 2.74. The summed E-state index contributed by atoms with van der Waals surface area (Å²) in [7, 11) is 0. The highest BCUT2D eigenvalue weighted by Gasteiger charge is 2.22. The number of hydrogen-bond acceptors (Lipinski definition) is 4. The Hall–Kier alpha value is -0.410. The van der Waals surface area contributed by atoms with Crippen LogP contribution in [0.1, 0.15) is 10.9 Å². The Labute approximate surface area is 95.3 Å². The van der Waals surface area contributed by atoms with Crippen LogP contribution >= 0.6 is 27.3 Å². The monoisotopic (exact) mass is 271 g/mol. The van der Waals surface area contributed by atoms with E-state index in [1.165, 1.54) is 0 Å². The number of rotatable bonds is 3. The molecule has 1 aliphatic heterocycles. The van der Waals surface area contributed by atoms with E-state index in [0.717, 1.165) is 21.8 Å². The van der Waals surface area contributed by atoms with E-state index >= 15 is 0 Å². The zero-order valence-corrected chi connectivity index (χ0v) is 9.86. The van der Waals surface area contributed by atoms with Gasteiger partial charge < -0.3 is 5.32 Å². The smallest absolute Gasteiger partial charge is 0.130 e. The maximum atomic E-state index is 9.02. The normalized spacial score (nSPS) is 18.6. The van der Waals surface area contributed by atoms with Crippen LogP contribution < -0.4 is 10.6 Å². The first kappa shape index (κ1) is 10.1. The first-order valence-corrected chi connectivity index (χ1v) is 6.02. The van der Waals surface area contributed by atoms with Gasteiger partial charge in [-0.05, 0) is 28.1 Å². The summed E-state index contributed by atoms with van der Waals surface area (Å²) in [6.45, 7) is 1.93. The molecule has 0 amide bonds. The Balaban J connectivity index is 2.02. The van der Waals surface area contributed by atoms with Gasteiger partial charge in [-0.25, -0.2) is 0 Å². The maximum absolute atomic E-state index is 9.02. The van der Waals surface area contributed by atoms with Crippen molar-refractivity contribution < 1.29 is 0 Å². The molecule has 2 N–H and O–H groups in total. The van der Waals surface area contributed by atoms with Gasteiger partial charge in [-0.3, -0.25) is 5.32 Å². The van der Waals surface area contributed by atoms with Crippen LogP contribution in [0.3, 0.4) is 0 Å². The lowest BCUT2D eigenvalue weighted by atomic mass is 10.1. The van der Waals surface area contributed by atoms with E-state index in [1.807, 2.05) is 12.1 Å². The van der Waals surface area contributed by atoms with Gasteiger partial charge in [0.1, 0.15) is 6.04 Å². The fourth-order valence-electron chi connectivity index (χ4n) is 1.31. The van der Waals surface area contributed by atoms with Gasteiger partial charge in [-0.2, -0.15) is 5.26 Å². The van der Waals surface area contributed by atoms with E-state index in [1.54, 1.807) is 11.3 Å². The van der Waals surface area contributed by atoms with Gasteiger partial charge in [0.05, 0.1) is 9.86 Å². The highest BCUT2D eigenvalue weighted by molar-refractivity contribution is 9.11. The minimum atomic E-state index is -0.168. The molecule has 1 atom stereocenters. The van der Waals surface area contributed by atoms with Crippen LogP contribution in [0, 0.1) is 11.3 Å². The number of nitriles is 1. The molecule has 2 rings (SSSR count). The van der Waals surface area contributed by atoms with Crippen molar-refractivity contribution in [3.8, 4) is 6.07 Å². The second kappa shape index (κ2) is 4.41. The molecule has 0 radical (unpaired) electrons. The van der Waals surface area contributed by atoms with Crippen molar-refractivity contribution in [3.05, 3.63) is 20.8 Å². The molecule has 1 aliphatic rings. The molecule has 14 heavy (non-hydrogen) atoms. The second-order valence-electron chi connectivity index (χ2n) is 3.23. The van der Waals surface area contributed by atoms with Crippen LogP contribution in [0.25, 0.3) is 0 Å². The van der Waals surface area contributed by atoms with Gasteiger partial charge >= 0.3 is 0 Å². The molecule has 74 valence electrons. The number of halogens is 1. The molecule has 0 bridgehead atoms. The lowest BCUT2D eigenvalue weighted by molar-refractivity contribution is 0.353. The average Bonchev–Trinajstić information content (AvgIpc) is 2.50. The van der Waals surface area contributed by atoms with E-state index < -0.39 is 0 Å². The van der Waals surface area contributed by atoms with Gasteiger partial charge in [0.15, 0.2) is 0 Å². The van der Waals surface area contributed by atoms with Gasteiger partial charge in [0.2, 0.25) is 0 Å². The van der Waals surface area contributed by atoms with Crippen LogP contribution in [-0.4, -0.2) is 19.1 Å². The number of hydrogen-bond donors (Lipinski definition) is 2. The number of nitrogens with zero attached hydrogens (tertiary/aromatic N) is 1. The van der Waals surface area contributed by atoms with E-state index in [4.69, 9.17) is 5.26 Å². The Morgan fingerprint density at radius 3 is 2.86 bits per heavy atom. The zero-order valence-electron chi connectivity index (χ0n) is 7.46. The van der Waals surface area contributed by atoms with Crippen molar-refractivity contribution in [1.82, 2.24) is 10.6 Å². The molecule has 3 nitrogen and oxygen atoms in total. The van der Waals surface area contributed by atoms with Crippen LogP contribution in [0.4, 0.5) is 0 Å². The summed E-state index contributed by atoms with van der Waals surface area (Å²) in [4.78, 5) is 1.08. The van der Waals surface area contributed by atoms with E-state index in [9.17, 15) is 0 Å². The summed E-state index contributed by atoms with van der Waals surface area (Å²) in [6, 6.07) is 6.52. The van der Waals surface area contributed by atoms with Crippen molar-refractivity contribution in [3.63, 3.8) is 0 Å². The first-order chi connectivity index (χ1) is 6.79. The van der Waals surface area contributed by atoms with Gasteiger partial charge in [-0.15, -0.1) is 11.3 Å². The molecule has 0 saturated carbocycles. The van der Waals surface area contributed by atoms with Crippen molar-refractivity contribution in [2.45, 2.75) is 12.1 Å². The molecule has 5 heteroatoms. The summed E-state index contributed by atoms with van der Waals surface area (Å²) in [5.74, 6) is 0. The van der Waals surface area contributed by atoms with Crippen molar-refractivity contribution in [2.75, 3.05) is 13.1 Å². The molecule has 0 aromatic carbocycles. The maximum Gasteiger partial charge on any atom is 0.130 e. The summed E-state index contributed by atoms with van der Waals surface area (Å²) >= 11 is 5.00. The summed E-state index contributed by atoms with van der Waals surface area (Å²) in [5, 5.41) is 15.5. The Kier molecular flexibility index (Phi) is 3.19. The standard InChI is InChI=1S/C9H10BrN3S/c10-9-2-1-8(14-9)7(3-11)13-6-4-12-5-6/h1-2,6-7,12-13H,4-5H2/t7-/m1/s1. The van der Waals surface area contributed by atoms with Crippen molar-refractivity contribution in [1.29, 1.82) is 5.26 Å². The summed E-state index contributed by atoms with van der Waals surface area (Å²) in [5.41, 5.74) is 0. The Morgan fingerprint density at radius 2 is 2.43 bits per heavy atom. The quantitative estimate of drug-likeness (QED) is 0.879. The third-order valence-corrected chi connectivity index (χ3v) is 3.88. The third-order valence-electron chi connectivity index (χ3n) is 2.19. The van der Waals surface area contributed by atoms with E-state index in [0.29, 0.717) is 6.04 Å². The minimum absolute atomic E-state index is 0.168. The van der Waals surface area contributed by atoms with E-state index in [-0.39, 0.29) is 6.04 Å². The largest absolute Gasteiger partial charge is 0.314 e. The molecule has 0 unspecified atom stereocenters. The number of nitrogens with one attached hydrogen (secondary N) is 2. The molecule has 1 fully saturated rings. The summed E-state index contributed by atoms with van der Waals surface area (Å²) < 4.78 is 1.07.